The van der Waals surface area contributed by atoms with Crippen LogP contribution in [-0.4, -0.2) is 23.4 Å². The zero-order chi connectivity index (χ0) is 19.2. The van der Waals surface area contributed by atoms with Crippen LogP contribution in [0.5, 0.6) is 0 Å². The van der Waals surface area contributed by atoms with E-state index in [1.54, 1.807) is 5.38 Å². The SMILES string of the molecule is O=C(COC(=O)c1sccc1-c1ccccc1)Nc1cccc([N+](=O)[O-])c1. The highest BCUT2D eigenvalue weighted by Gasteiger charge is 2.17. The highest BCUT2D eigenvalue weighted by molar-refractivity contribution is 7.12. The highest BCUT2D eigenvalue weighted by Crippen LogP contribution is 2.28. The molecule has 0 aliphatic heterocycles. The predicted octanol–water partition coefficient (Wildman–Crippen LogP) is 4.12. The van der Waals surface area contributed by atoms with E-state index in [1.165, 1.54) is 35.6 Å². The van der Waals surface area contributed by atoms with Crippen molar-refractivity contribution in [3.63, 3.8) is 0 Å². The molecule has 3 rings (SSSR count). The lowest BCUT2D eigenvalue weighted by Gasteiger charge is -2.07. The summed E-state index contributed by atoms with van der Waals surface area (Å²) in [4.78, 5) is 34.9. The summed E-state index contributed by atoms with van der Waals surface area (Å²) in [6.07, 6.45) is 0. The summed E-state index contributed by atoms with van der Waals surface area (Å²) in [6, 6.07) is 16.7. The summed E-state index contributed by atoms with van der Waals surface area (Å²) in [5, 5.41) is 15.0. The smallest absolute Gasteiger partial charge is 0.349 e. The fourth-order valence-corrected chi connectivity index (χ4v) is 3.21. The predicted molar refractivity (Wildman–Crippen MR) is 102 cm³/mol. The Kier molecular flexibility index (Phi) is 5.58. The maximum atomic E-state index is 12.3. The fourth-order valence-electron chi connectivity index (χ4n) is 2.40. The number of carbonyl (C=O) groups is 2. The van der Waals surface area contributed by atoms with Gasteiger partial charge in [0.05, 0.1) is 4.92 Å². The molecule has 27 heavy (non-hydrogen) atoms. The first-order valence-electron chi connectivity index (χ1n) is 7.89. The van der Waals surface area contributed by atoms with E-state index < -0.39 is 23.4 Å². The van der Waals surface area contributed by atoms with Crippen LogP contribution in [0, 0.1) is 10.1 Å². The average Bonchev–Trinajstić information content (AvgIpc) is 3.17. The molecular formula is C19H14N2O5S. The first-order chi connectivity index (χ1) is 13.0. The molecule has 8 heteroatoms. The van der Waals surface area contributed by atoms with Crippen molar-refractivity contribution in [2.45, 2.75) is 0 Å². The van der Waals surface area contributed by atoms with Gasteiger partial charge < -0.3 is 10.1 Å². The quantitative estimate of drug-likeness (QED) is 0.393. The van der Waals surface area contributed by atoms with Crippen molar-refractivity contribution in [3.05, 3.63) is 81.0 Å². The monoisotopic (exact) mass is 382 g/mol. The summed E-state index contributed by atoms with van der Waals surface area (Å²) in [5.41, 5.74) is 1.73. The van der Waals surface area contributed by atoms with Crippen LogP contribution < -0.4 is 5.32 Å². The number of non-ortho nitro benzene ring substituents is 1. The molecule has 1 aromatic heterocycles. The van der Waals surface area contributed by atoms with Gasteiger partial charge in [0, 0.05) is 23.4 Å². The summed E-state index contributed by atoms with van der Waals surface area (Å²) in [6.45, 7) is -0.492. The normalized spacial score (nSPS) is 10.2. The molecule has 0 aliphatic rings. The minimum absolute atomic E-state index is 0.143. The van der Waals surface area contributed by atoms with Gasteiger partial charge in [0.2, 0.25) is 0 Å². The zero-order valence-corrected chi connectivity index (χ0v) is 14.8. The molecule has 3 aromatic rings. The third-order valence-electron chi connectivity index (χ3n) is 3.61. The van der Waals surface area contributed by atoms with Crippen LogP contribution in [0.15, 0.2) is 66.0 Å². The summed E-state index contributed by atoms with van der Waals surface area (Å²) < 4.78 is 5.09. The Balaban J connectivity index is 1.62. The maximum absolute atomic E-state index is 12.3. The lowest BCUT2D eigenvalue weighted by Crippen LogP contribution is -2.20. The van der Waals surface area contributed by atoms with Crippen molar-refractivity contribution in [1.82, 2.24) is 0 Å². The number of amides is 1. The van der Waals surface area contributed by atoms with E-state index in [9.17, 15) is 19.7 Å². The largest absolute Gasteiger partial charge is 0.451 e. The van der Waals surface area contributed by atoms with Crippen molar-refractivity contribution in [3.8, 4) is 11.1 Å². The standard InChI is InChI=1S/C19H14N2O5S/c22-17(20-14-7-4-8-15(11-14)21(24)25)12-26-19(23)18-16(9-10-27-18)13-5-2-1-3-6-13/h1-11H,12H2,(H,20,22). The van der Waals surface area contributed by atoms with Crippen molar-refractivity contribution in [2.75, 3.05) is 11.9 Å². The molecule has 0 bridgehead atoms. The third kappa shape index (κ3) is 4.56. The molecule has 1 N–H and O–H groups in total. The lowest BCUT2D eigenvalue weighted by atomic mass is 10.1. The van der Waals surface area contributed by atoms with E-state index in [1.807, 2.05) is 36.4 Å². The molecule has 1 heterocycles. The molecule has 2 aromatic carbocycles. The topological polar surface area (TPSA) is 98.5 Å². The number of anilines is 1. The lowest BCUT2D eigenvalue weighted by molar-refractivity contribution is -0.384. The Hall–Kier alpha value is -3.52. The van der Waals surface area contributed by atoms with Gasteiger partial charge in [-0.05, 0) is 23.1 Å². The molecule has 0 aliphatic carbocycles. The van der Waals surface area contributed by atoms with Crippen LogP contribution in [0.25, 0.3) is 11.1 Å². The van der Waals surface area contributed by atoms with E-state index in [2.05, 4.69) is 5.32 Å². The number of carbonyl (C=O) groups excluding carboxylic acids is 2. The number of nitro benzene ring substituents is 1. The van der Waals surface area contributed by atoms with Crippen LogP contribution in [0.1, 0.15) is 9.67 Å². The number of nitrogens with zero attached hydrogens (tertiary/aromatic N) is 1. The molecule has 0 fully saturated rings. The minimum Gasteiger partial charge on any atom is -0.451 e. The van der Waals surface area contributed by atoms with E-state index in [4.69, 9.17) is 4.74 Å². The van der Waals surface area contributed by atoms with Gasteiger partial charge in [-0.3, -0.25) is 14.9 Å². The first-order valence-corrected chi connectivity index (χ1v) is 8.77. The fraction of sp³-hybridized carbons (Fsp3) is 0.0526. The van der Waals surface area contributed by atoms with Crippen LogP contribution in [0.3, 0.4) is 0 Å². The van der Waals surface area contributed by atoms with Gasteiger partial charge >= 0.3 is 5.97 Å². The highest BCUT2D eigenvalue weighted by atomic mass is 32.1. The number of nitro groups is 1. The van der Waals surface area contributed by atoms with Gasteiger partial charge in [-0.2, -0.15) is 0 Å². The molecule has 0 atom stereocenters. The Labute approximate surface area is 158 Å². The summed E-state index contributed by atoms with van der Waals surface area (Å²) in [5.74, 6) is -1.18. The number of esters is 1. The second-order valence-electron chi connectivity index (χ2n) is 5.46. The number of benzene rings is 2. The second kappa shape index (κ2) is 8.24. The molecule has 0 radical (unpaired) electrons. The van der Waals surface area contributed by atoms with E-state index in [0.29, 0.717) is 4.88 Å². The van der Waals surface area contributed by atoms with Crippen LogP contribution in [0.2, 0.25) is 0 Å². The summed E-state index contributed by atoms with van der Waals surface area (Å²) in [7, 11) is 0. The Morgan fingerprint density at radius 1 is 1.07 bits per heavy atom. The van der Waals surface area contributed by atoms with E-state index in [0.717, 1.165) is 11.1 Å². The minimum atomic E-state index is -0.599. The Morgan fingerprint density at radius 3 is 2.59 bits per heavy atom. The van der Waals surface area contributed by atoms with Gasteiger partial charge in [0.1, 0.15) is 4.88 Å². The molecule has 1 amide bonds. The number of nitrogens with one attached hydrogen (secondary N) is 1. The van der Waals surface area contributed by atoms with Gasteiger partial charge in [0.25, 0.3) is 11.6 Å². The Bertz CT molecular complexity index is 985. The van der Waals surface area contributed by atoms with Crippen molar-refractivity contribution >= 4 is 34.6 Å². The van der Waals surface area contributed by atoms with Crippen LogP contribution in [0.4, 0.5) is 11.4 Å². The number of rotatable bonds is 6. The molecule has 0 saturated heterocycles. The van der Waals surface area contributed by atoms with Crippen molar-refractivity contribution in [2.24, 2.45) is 0 Å². The molecule has 0 unspecified atom stereocenters. The van der Waals surface area contributed by atoms with E-state index in [-0.39, 0.29) is 11.4 Å². The molecular weight excluding hydrogens is 368 g/mol. The first kappa shape index (κ1) is 18.3. The number of thiophene rings is 1. The van der Waals surface area contributed by atoms with Crippen LogP contribution >= 0.6 is 11.3 Å². The van der Waals surface area contributed by atoms with Crippen LogP contribution in [-0.2, 0) is 9.53 Å². The zero-order valence-electron chi connectivity index (χ0n) is 14.0. The van der Waals surface area contributed by atoms with Crippen molar-refractivity contribution < 1.29 is 19.2 Å². The van der Waals surface area contributed by atoms with Gasteiger partial charge in [-0.15, -0.1) is 11.3 Å². The van der Waals surface area contributed by atoms with Gasteiger partial charge in [-0.25, -0.2) is 4.79 Å². The number of ether oxygens (including phenoxy) is 1. The number of hydrogen-bond donors (Lipinski definition) is 1. The van der Waals surface area contributed by atoms with E-state index >= 15 is 0 Å². The molecule has 7 nitrogen and oxygen atoms in total. The molecule has 0 saturated carbocycles. The number of hydrogen-bond acceptors (Lipinski definition) is 6. The van der Waals surface area contributed by atoms with Gasteiger partial charge in [-0.1, -0.05) is 36.4 Å². The second-order valence-corrected chi connectivity index (χ2v) is 6.38. The van der Waals surface area contributed by atoms with Gasteiger partial charge in [0.15, 0.2) is 6.61 Å². The molecule has 0 spiro atoms. The van der Waals surface area contributed by atoms with Crippen molar-refractivity contribution in [1.29, 1.82) is 0 Å². The summed E-state index contributed by atoms with van der Waals surface area (Å²) >= 11 is 1.23. The molecule has 136 valence electrons. The average molecular weight is 382 g/mol. The third-order valence-corrected chi connectivity index (χ3v) is 4.50. The Morgan fingerprint density at radius 2 is 1.85 bits per heavy atom. The maximum Gasteiger partial charge on any atom is 0.349 e.